The molecule has 0 unspecified atom stereocenters. The SMILES string of the molecule is C=c1[nH]c(=O)/c(=C/c2ccc(OCC3CCC(C(=O)O)CC3)cc2)s1. The van der Waals surface area contributed by atoms with E-state index in [0.29, 0.717) is 21.7 Å². The number of thiazole rings is 1. The third kappa shape index (κ3) is 4.60. The maximum absolute atomic E-state index is 11.7. The van der Waals surface area contributed by atoms with Gasteiger partial charge in [-0.3, -0.25) is 9.59 Å². The Hall–Kier alpha value is -2.34. The molecule has 5 nitrogen and oxygen atoms in total. The molecule has 25 heavy (non-hydrogen) atoms. The van der Waals surface area contributed by atoms with E-state index in [0.717, 1.165) is 37.0 Å². The van der Waals surface area contributed by atoms with Gasteiger partial charge in [-0.25, -0.2) is 0 Å². The highest BCUT2D eigenvalue weighted by molar-refractivity contribution is 7.07. The fourth-order valence-electron chi connectivity index (χ4n) is 3.09. The minimum atomic E-state index is -0.679. The van der Waals surface area contributed by atoms with Gasteiger partial charge < -0.3 is 14.8 Å². The van der Waals surface area contributed by atoms with Crippen LogP contribution in [0.25, 0.3) is 12.7 Å². The minimum absolute atomic E-state index is 0.118. The summed E-state index contributed by atoms with van der Waals surface area (Å²) in [4.78, 5) is 25.3. The molecule has 2 N–H and O–H groups in total. The maximum Gasteiger partial charge on any atom is 0.306 e. The monoisotopic (exact) mass is 359 g/mol. The number of ether oxygens (including phenoxy) is 1. The molecule has 1 fully saturated rings. The molecular formula is C19H21NO4S. The van der Waals surface area contributed by atoms with Gasteiger partial charge in [-0.1, -0.05) is 18.7 Å². The van der Waals surface area contributed by atoms with Crippen LogP contribution in [0.15, 0.2) is 29.1 Å². The van der Waals surface area contributed by atoms with E-state index in [9.17, 15) is 9.59 Å². The number of hydrogen-bond donors (Lipinski definition) is 2. The molecule has 1 aromatic carbocycles. The summed E-state index contributed by atoms with van der Waals surface area (Å²) in [5, 5.41) is 9.02. The molecule has 0 amide bonds. The van der Waals surface area contributed by atoms with Crippen molar-refractivity contribution in [2.45, 2.75) is 25.7 Å². The Morgan fingerprint density at radius 1 is 1.28 bits per heavy atom. The molecule has 3 rings (SSSR count). The summed E-state index contributed by atoms with van der Waals surface area (Å²) in [6.45, 7) is 4.35. The van der Waals surface area contributed by atoms with Gasteiger partial charge in [-0.2, -0.15) is 0 Å². The molecule has 0 spiro atoms. The van der Waals surface area contributed by atoms with Crippen LogP contribution in [0.2, 0.25) is 0 Å². The van der Waals surface area contributed by atoms with Gasteiger partial charge in [0, 0.05) is 0 Å². The zero-order valence-electron chi connectivity index (χ0n) is 13.9. The van der Waals surface area contributed by atoms with Crippen molar-refractivity contribution in [2.75, 3.05) is 6.61 Å². The summed E-state index contributed by atoms with van der Waals surface area (Å²) >= 11 is 1.34. The second-order valence-electron chi connectivity index (χ2n) is 6.42. The lowest BCUT2D eigenvalue weighted by Crippen LogP contribution is -2.24. The van der Waals surface area contributed by atoms with Crippen molar-refractivity contribution >= 4 is 30.0 Å². The number of benzene rings is 1. The van der Waals surface area contributed by atoms with Crippen molar-refractivity contribution in [1.29, 1.82) is 0 Å². The van der Waals surface area contributed by atoms with Crippen molar-refractivity contribution in [2.24, 2.45) is 11.8 Å². The number of carbonyl (C=O) groups is 1. The van der Waals surface area contributed by atoms with Crippen LogP contribution in [0.4, 0.5) is 0 Å². The molecule has 0 aliphatic heterocycles. The van der Waals surface area contributed by atoms with Crippen LogP contribution in [0.5, 0.6) is 5.75 Å². The Bertz CT molecular complexity index is 889. The number of carboxylic acids is 1. The predicted molar refractivity (Wildman–Crippen MR) is 98.3 cm³/mol. The van der Waals surface area contributed by atoms with Gasteiger partial charge in [0.1, 0.15) is 5.75 Å². The van der Waals surface area contributed by atoms with E-state index in [-0.39, 0.29) is 11.5 Å². The highest BCUT2D eigenvalue weighted by Crippen LogP contribution is 2.29. The van der Waals surface area contributed by atoms with E-state index < -0.39 is 5.97 Å². The fraction of sp³-hybridized carbons (Fsp3) is 0.368. The van der Waals surface area contributed by atoms with E-state index in [1.54, 1.807) is 0 Å². The first-order chi connectivity index (χ1) is 12.0. The summed E-state index contributed by atoms with van der Waals surface area (Å²) in [5.41, 5.74) is 0.814. The van der Waals surface area contributed by atoms with Crippen molar-refractivity contribution < 1.29 is 14.6 Å². The second-order valence-corrected chi connectivity index (χ2v) is 7.56. The van der Waals surface area contributed by atoms with E-state index in [2.05, 4.69) is 11.6 Å². The van der Waals surface area contributed by atoms with Gasteiger partial charge in [-0.05, 0) is 55.4 Å². The number of aromatic nitrogens is 1. The number of nitrogens with one attached hydrogen (secondary N) is 1. The second kappa shape index (κ2) is 7.70. The van der Waals surface area contributed by atoms with Crippen LogP contribution in [-0.4, -0.2) is 22.7 Å². The smallest absolute Gasteiger partial charge is 0.306 e. The average molecular weight is 359 g/mol. The van der Waals surface area contributed by atoms with Crippen LogP contribution >= 0.6 is 11.3 Å². The molecule has 1 aromatic heterocycles. The Morgan fingerprint density at radius 2 is 1.96 bits per heavy atom. The molecule has 2 aromatic rings. The molecule has 0 radical (unpaired) electrons. The summed E-state index contributed by atoms with van der Waals surface area (Å²) in [7, 11) is 0. The van der Waals surface area contributed by atoms with Gasteiger partial charge in [0.15, 0.2) is 0 Å². The molecule has 0 saturated heterocycles. The summed E-state index contributed by atoms with van der Waals surface area (Å²) in [5.74, 6) is 0.338. The van der Waals surface area contributed by atoms with Gasteiger partial charge in [0.05, 0.1) is 21.7 Å². The summed E-state index contributed by atoms with van der Waals surface area (Å²) < 4.78 is 7.12. The quantitative estimate of drug-likeness (QED) is 0.855. The molecule has 1 heterocycles. The number of aromatic amines is 1. The van der Waals surface area contributed by atoms with E-state index in [4.69, 9.17) is 9.84 Å². The van der Waals surface area contributed by atoms with Gasteiger partial charge in [0.2, 0.25) is 0 Å². The largest absolute Gasteiger partial charge is 0.493 e. The number of aliphatic carboxylic acids is 1. The highest BCUT2D eigenvalue weighted by atomic mass is 32.1. The van der Waals surface area contributed by atoms with Crippen molar-refractivity contribution in [3.05, 3.63) is 49.4 Å². The van der Waals surface area contributed by atoms with Crippen molar-refractivity contribution in [3.8, 4) is 5.75 Å². The van der Waals surface area contributed by atoms with Crippen LogP contribution in [0.1, 0.15) is 31.2 Å². The molecule has 6 heteroatoms. The summed E-state index contributed by atoms with van der Waals surface area (Å²) in [6, 6.07) is 7.61. The number of hydrogen-bond acceptors (Lipinski definition) is 4. The Morgan fingerprint density at radius 3 is 2.52 bits per heavy atom. The normalized spacial score (nSPS) is 21.2. The first-order valence-electron chi connectivity index (χ1n) is 8.37. The van der Waals surface area contributed by atoms with Crippen LogP contribution in [0.3, 0.4) is 0 Å². The third-order valence-corrected chi connectivity index (χ3v) is 5.44. The van der Waals surface area contributed by atoms with Gasteiger partial charge >= 0.3 is 5.97 Å². The van der Waals surface area contributed by atoms with Crippen molar-refractivity contribution in [3.63, 3.8) is 0 Å². The first-order valence-corrected chi connectivity index (χ1v) is 9.18. The minimum Gasteiger partial charge on any atom is -0.493 e. The van der Waals surface area contributed by atoms with Gasteiger partial charge in [0.25, 0.3) is 5.56 Å². The molecule has 0 atom stereocenters. The van der Waals surface area contributed by atoms with Crippen LogP contribution in [-0.2, 0) is 4.79 Å². The van der Waals surface area contributed by atoms with Crippen LogP contribution in [0, 0.1) is 11.8 Å². The number of H-pyrrole nitrogens is 1. The van der Waals surface area contributed by atoms with Crippen LogP contribution < -0.4 is 19.5 Å². The Labute approximate surface area is 149 Å². The lowest BCUT2D eigenvalue weighted by molar-refractivity contribution is -0.143. The number of carboxylic acid groups (broad SMARTS) is 1. The molecule has 0 bridgehead atoms. The van der Waals surface area contributed by atoms with E-state index >= 15 is 0 Å². The third-order valence-electron chi connectivity index (χ3n) is 4.57. The molecule has 1 saturated carbocycles. The molecule has 132 valence electrons. The van der Waals surface area contributed by atoms with E-state index in [1.165, 1.54) is 11.3 Å². The predicted octanol–water partition coefficient (Wildman–Crippen LogP) is 1.95. The van der Waals surface area contributed by atoms with Gasteiger partial charge in [-0.15, -0.1) is 11.3 Å². The topological polar surface area (TPSA) is 79.4 Å². The standard InChI is InChI=1S/C19H21NO4S/c1-12-20-18(21)17(25-12)10-13-4-8-16(9-5-13)24-11-14-2-6-15(7-3-14)19(22)23/h4-5,8-10,14-15H,1-3,6-7,11H2,(H,20,21)(H,22,23)/b17-10-. The zero-order chi connectivity index (χ0) is 17.8. The summed E-state index contributed by atoms with van der Waals surface area (Å²) in [6.07, 6.45) is 5.10. The lowest BCUT2D eigenvalue weighted by atomic mass is 9.82. The molecule has 1 aliphatic carbocycles. The maximum atomic E-state index is 11.7. The Balaban J connectivity index is 1.56. The lowest BCUT2D eigenvalue weighted by Gasteiger charge is -2.25. The first kappa shape index (κ1) is 17.5. The Kier molecular flexibility index (Phi) is 5.38. The molecule has 1 aliphatic rings. The highest BCUT2D eigenvalue weighted by Gasteiger charge is 2.26. The average Bonchev–Trinajstić information content (AvgIpc) is 2.92. The molecular weight excluding hydrogens is 338 g/mol. The fourth-order valence-corrected chi connectivity index (χ4v) is 3.84. The number of rotatable bonds is 5. The van der Waals surface area contributed by atoms with E-state index in [1.807, 2.05) is 30.3 Å². The van der Waals surface area contributed by atoms with Crippen molar-refractivity contribution in [1.82, 2.24) is 4.98 Å². The zero-order valence-corrected chi connectivity index (χ0v) is 14.7.